The van der Waals surface area contributed by atoms with Crippen molar-refractivity contribution in [1.29, 1.82) is 0 Å². The highest BCUT2D eigenvalue weighted by molar-refractivity contribution is 5.90. The fourth-order valence-corrected chi connectivity index (χ4v) is 2.50. The van der Waals surface area contributed by atoms with Crippen molar-refractivity contribution in [2.24, 2.45) is 0 Å². The molecule has 0 aliphatic heterocycles. The summed E-state index contributed by atoms with van der Waals surface area (Å²) in [7, 11) is 1.63. The predicted molar refractivity (Wildman–Crippen MR) is 79.9 cm³/mol. The van der Waals surface area contributed by atoms with Crippen LogP contribution in [0.5, 0.6) is 5.75 Å². The van der Waals surface area contributed by atoms with E-state index < -0.39 is 5.97 Å². The van der Waals surface area contributed by atoms with Gasteiger partial charge in [-0.3, -0.25) is 4.98 Å². The number of rotatable bonds is 4. The van der Waals surface area contributed by atoms with Crippen LogP contribution in [-0.4, -0.2) is 23.2 Å². The Morgan fingerprint density at radius 3 is 2.67 bits per heavy atom. The molecule has 1 N–H and O–H groups in total. The van der Waals surface area contributed by atoms with E-state index in [-0.39, 0.29) is 5.92 Å². The van der Waals surface area contributed by atoms with E-state index in [4.69, 9.17) is 4.74 Å². The van der Waals surface area contributed by atoms with Gasteiger partial charge in [-0.2, -0.15) is 0 Å². The zero-order valence-electron chi connectivity index (χ0n) is 12.1. The van der Waals surface area contributed by atoms with Crippen molar-refractivity contribution in [1.82, 2.24) is 4.98 Å². The average molecular weight is 283 g/mol. The first kappa shape index (κ1) is 13.6. The third-order valence-corrected chi connectivity index (χ3v) is 3.75. The van der Waals surface area contributed by atoms with Gasteiger partial charge >= 0.3 is 5.97 Å². The van der Waals surface area contributed by atoms with E-state index in [0.29, 0.717) is 11.3 Å². The Hall–Kier alpha value is -2.36. The number of hydrogen-bond donors (Lipinski definition) is 1. The molecule has 0 bridgehead atoms. The molecule has 1 fully saturated rings. The van der Waals surface area contributed by atoms with Crippen LogP contribution in [0.15, 0.2) is 30.3 Å². The minimum Gasteiger partial charge on any atom is -0.496 e. The fraction of sp³-hybridized carbons (Fsp3) is 0.294. The van der Waals surface area contributed by atoms with Crippen molar-refractivity contribution in [2.75, 3.05) is 7.11 Å². The number of ether oxygens (including phenoxy) is 1. The molecular weight excluding hydrogens is 266 g/mol. The number of carboxylic acid groups (broad SMARTS) is 1. The number of aromatic nitrogens is 1. The van der Waals surface area contributed by atoms with E-state index in [0.717, 1.165) is 35.4 Å². The number of carboxylic acids is 1. The van der Waals surface area contributed by atoms with E-state index in [2.05, 4.69) is 4.98 Å². The molecule has 1 aliphatic rings. The minimum absolute atomic E-state index is 0.284. The molecule has 0 spiro atoms. The lowest BCUT2D eigenvalue weighted by Gasteiger charge is -2.11. The predicted octanol–water partition coefficient (Wildman–Crippen LogP) is 3.64. The van der Waals surface area contributed by atoms with Gasteiger partial charge in [0.2, 0.25) is 0 Å². The maximum absolute atomic E-state index is 11.3. The molecule has 4 heteroatoms. The normalized spacial score (nSPS) is 14.0. The van der Waals surface area contributed by atoms with Crippen molar-refractivity contribution in [3.8, 4) is 17.0 Å². The SMILES string of the molecule is COc1ccc(C)cc1-c1ccc(C(=O)O)c(C2CC2)n1. The van der Waals surface area contributed by atoms with Crippen LogP contribution < -0.4 is 4.74 Å². The van der Waals surface area contributed by atoms with Gasteiger partial charge in [0.05, 0.1) is 24.1 Å². The topological polar surface area (TPSA) is 59.4 Å². The second-order valence-electron chi connectivity index (χ2n) is 5.41. The Bertz CT molecular complexity index is 705. The number of hydrogen-bond acceptors (Lipinski definition) is 3. The maximum atomic E-state index is 11.3. The summed E-state index contributed by atoms with van der Waals surface area (Å²) in [5.74, 6) is 0.122. The van der Waals surface area contributed by atoms with Crippen molar-refractivity contribution in [3.05, 3.63) is 47.2 Å². The summed E-state index contributed by atoms with van der Waals surface area (Å²) >= 11 is 0. The summed E-state index contributed by atoms with van der Waals surface area (Å²) in [6.45, 7) is 2.01. The summed E-state index contributed by atoms with van der Waals surface area (Å²) in [5, 5.41) is 9.28. The summed E-state index contributed by atoms with van der Waals surface area (Å²) in [4.78, 5) is 15.9. The number of aromatic carboxylic acids is 1. The van der Waals surface area contributed by atoms with E-state index in [1.165, 1.54) is 0 Å². The molecule has 1 heterocycles. The van der Waals surface area contributed by atoms with Gasteiger partial charge in [0.25, 0.3) is 0 Å². The molecule has 108 valence electrons. The van der Waals surface area contributed by atoms with Gasteiger partial charge in [-0.05, 0) is 44.0 Å². The Kier molecular flexibility index (Phi) is 3.37. The van der Waals surface area contributed by atoms with E-state index in [1.54, 1.807) is 19.2 Å². The fourth-order valence-electron chi connectivity index (χ4n) is 2.50. The van der Waals surface area contributed by atoms with Crippen molar-refractivity contribution < 1.29 is 14.6 Å². The van der Waals surface area contributed by atoms with Gasteiger partial charge < -0.3 is 9.84 Å². The lowest BCUT2D eigenvalue weighted by molar-refractivity contribution is 0.0695. The first-order valence-corrected chi connectivity index (χ1v) is 6.99. The summed E-state index contributed by atoms with van der Waals surface area (Å²) in [6.07, 6.45) is 2.03. The van der Waals surface area contributed by atoms with E-state index in [9.17, 15) is 9.90 Å². The number of aryl methyl sites for hydroxylation is 1. The molecule has 0 amide bonds. The molecule has 0 unspecified atom stereocenters. The highest BCUT2D eigenvalue weighted by atomic mass is 16.5. The lowest BCUT2D eigenvalue weighted by atomic mass is 10.0. The molecule has 0 saturated heterocycles. The highest BCUT2D eigenvalue weighted by Crippen LogP contribution is 2.42. The smallest absolute Gasteiger partial charge is 0.337 e. The third-order valence-electron chi connectivity index (χ3n) is 3.75. The van der Waals surface area contributed by atoms with Crippen LogP contribution in [0, 0.1) is 6.92 Å². The maximum Gasteiger partial charge on any atom is 0.337 e. The molecule has 2 aromatic rings. The summed E-state index contributed by atoms with van der Waals surface area (Å²) in [5.41, 5.74) is 3.79. The first-order valence-electron chi connectivity index (χ1n) is 6.99. The Morgan fingerprint density at radius 1 is 1.29 bits per heavy atom. The van der Waals surface area contributed by atoms with E-state index >= 15 is 0 Å². The lowest BCUT2D eigenvalue weighted by Crippen LogP contribution is -2.05. The van der Waals surface area contributed by atoms with Gasteiger partial charge in [-0.15, -0.1) is 0 Å². The number of pyridine rings is 1. The van der Waals surface area contributed by atoms with Crippen LogP contribution in [-0.2, 0) is 0 Å². The summed E-state index contributed by atoms with van der Waals surface area (Å²) < 4.78 is 5.39. The summed E-state index contributed by atoms with van der Waals surface area (Å²) in [6, 6.07) is 9.31. The zero-order chi connectivity index (χ0) is 15.0. The number of carbonyl (C=O) groups is 1. The molecule has 1 aromatic carbocycles. The molecule has 1 saturated carbocycles. The number of methoxy groups -OCH3 is 1. The van der Waals surface area contributed by atoms with Crippen LogP contribution in [0.1, 0.15) is 40.4 Å². The van der Waals surface area contributed by atoms with E-state index in [1.807, 2.05) is 25.1 Å². The molecule has 1 aromatic heterocycles. The van der Waals surface area contributed by atoms with Crippen LogP contribution >= 0.6 is 0 Å². The van der Waals surface area contributed by atoms with Gasteiger partial charge in [-0.25, -0.2) is 4.79 Å². The third kappa shape index (κ3) is 2.61. The standard InChI is InChI=1S/C17H17NO3/c1-10-3-8-15(21-2)13(9-10)14-7-6-12(17(19)20)16(18-14)11-4-5-11/h3,6-9,11H,4-5H2,1-2H3,(H,19,20). The first-order chi connectivity index (χ1) is 10.1. The average Bonchev–Trinajstić information content (AvgIpc) is 3.31. The second kappa shape index (κ2) is 5.20. The van der Waals surface area contributed by atoms with Gasteiger partial charge in [-0.1, -0.05) is 11.6 Å². The molecule has 4 nitrogen and oxygen atoms in total. The highest BCUT2D eigenvalue weighted by Gasteiger charge is 2.30. The second-order valence-corrected chi connectivity index (χ2v) is 5.41. The number of benzene rings is 1. The molecule has 21 heavy (non-hydrogen) atoms. The Labute approximate surface area is 123 Å². The van der Waals surface area contributed by atoms with Crippen LogP contribution in [0.3, 0.4) is 0 Å². The molecule has 3 rings (SSSR count). The van der Waals surface area contributed by atoms with Crippen molar-refractivity contribution in [2.45, 2.75) is 25.7 Å². The van der Waals surface area contributed by atoms with Gasteiger partial charge in [0.1, 0.15) is 5.75 Å². The van der Waals surface area contributed by atoms with Crippen LogP contribution in [0.2, 0.25) is 0 Å². The van der Waals surface area contributed by atoms with Gasteiger partial charge in [0.15, 0.2) is 0 Å². The van der Waals surface area contributed by atoms with Gasteiger partial charge in [0, 0.05) is 11.5 Å². The monoisotopic (exact) mass is 283 g/mol. The van der Waals surface area contributed by atoms with Crippen molar-refractivity contribution in [3.63, 3.8) is 0 Å². The van der Waals surface area contributed by atoms with Crippen molar-refractivity contribution >= 4 is 5.97 Å². The molecule has 0 radical (unpaired) electrons. The number of nitrogens with zero attached hydrogens (tertiary/aromatic N) is 1. The molecular formula is C17H17NO3. The zero-order valence-corrected chi connectivity index (χ0v) is 12.1. The largest absolute Gasteiger partial charge is 0.496 e. The Morgan fingerprint density at radius 2 is 2.05 bits per heavy atom. The van der Waals surface area contributed by atoms with Crippen LogP contribution in [0.4, 0.5) is 0 Å². The Balaban J connectivity index is 2.13. The quantitative estimate of drug-likeness (QED) is 0.930. The molecule has 1 aliphatic carbocycles. The minimum atomic E-state index is -0.910. The van der Waals surface area contributed by atoms with Crippen LogP contribution in [0.25, 0.3) is 11.3 Å². The molecule has 0 atom stereocenters.